The lowest BCUT2D eigenvalue weighted by Gasteiger charge is -2.26. The fourth-order valence-corrected chi connectivity index (χ4v) is 2.53. The monoisotopic (exact) mass is 275 g/mol. The molecule has 3 heterocycles. The normalized spacial score (nSPS) is 16.8. The summed E-state index contributed by atoms with van der Waals surface area (Å²) < 4.78 is 5.35. The molecule has 0 saturated carbocycles. The fraction of sp³-hybridized carbons (Fsp3) is 0.571. The quantitative estimate of drug-likeness (QED) is 0.762. The second-order valence-electron chi connectivity index (χ2n) is 5.06. The number of nitrogens with zero attached hydrogens (tertiary/aromatic N) is 3. The van der Waals surface area contributed by atoms with Crippen LogP contribution in [0.5, 0.6) is 0 Å². The van der Waals surface area contributed by atoms with Crippen LogP contribution < -0.4 is 5.32 Å². The molecule has 0 aromatic carbocycles. The van der Waals surface area contributed by atoms with Gasteiger partial charge >= 0.3 is 0 Å². The molecule has 1 fully saturated rings. The number of H-pyrrole nitrogens is 1. The number of imidazole rings is 1. The lowest BCUT2D eigenvalue weighted by molar-refractivity contribution is 0.0374. The molecule has 3 rings (SSSR count). The molecule has 2 N–H and O–H groups in total. The van der Waals surface area contributed by atoms with Gasteiger partial charge in [-0.2, -0.15) is 0 Å². The molecule has 2 aromatic rings. The molecule has 0 amide bonds. The van der Waals surface area contributed by atoms with Gasteiger partial charge in [0.15, 0.2) is 5.65 Å². The van der Waals surface area contributed by atoms with Crippen molar-refractivity contribution in [3.05, 3.63) is 24.2 Å². The van der Waals surface area contributed by atoms with Gasteiger partial charge in [0, 0.05) is 25.8 Å². The van der Waals surface area contributed by atoms with Crippen molar-refractivity contribution in [2.24, 2.45) is 0 Å². The van der Waals surface area contributed by atoms with Gasteiger partial charge in [-0.05, 0) is 31.1 Å². The molecule has 1 saturated heterocycles. The Morgan fingerprint density at radius 1 is 1.30 bits per heavy atom. The van der Waals surface area contributed by atoms with Gasteiger partial charge in [-0.3, -0.25) is 4.90 Å². The largest absolute Gasteiger partial charge is 0.379 e. The molecule has 0 radical (unpaired) electrons. The average Bonchev–Trinajstić information content (AvgIpc) is 2.97. The summed E-state index contributed by atoms with van der Waals surface area (Å²) >= 11 is 0. The predicted molar refractivity (Wildman–Crippen MR) is 77.5 cm³/mol. The zero-order valence-electron chi connectivity index (χ0n) is 11.6. The molecule has 0 atom stereocenters. The maximum absolute atomic E-state index is 5.35. The van der Waals surface area contributed by atoms with Gasteiger partial charge in [0.2, 0.25) is 0 Å². The molecule has 0 bridgehead atoms. The van der Waals surface area contributed by atoms with E-state index < -0.39 is 0 Å². The summed E-state index contributed by atoms with van der Waals surface area (Å²) in [6, 6.07) is 2.04. The third-order valence-corrected chi connectivity index (χ3v) is 3.66. The molecular formula is C14H21N5O. The van der Waals surface area contributed by atoms with Crippen LogP contribution in [0.4, 0.5) is 0 Å². The van der Waals surface area contributed by atoms with Crippen LogP contribution in [0.15, 0.2) is 18.6 Å². The zero-order chi connectivity index (χ0) is 13.6. The van der Waals surface area contributed by atoms with E-state index in [4.69, 9.17) is 4.74 Å². The minimum absolute atomic E-state index is 0.789. The van der Waals surface area contributed by atoms with E-state index in [-0.39, 0.29) is 0 Å². The van der Waals surface area contributed by atoms with Crippen molar-refractivity contribution >= 4 is 11.2 Å². The van der Waals surface area contributed by atoms with Crippen molar-refractivity contribution < 1.29 is 4.74 Å². The number of hydrogen-bond donors (Lipinski definition) is 2. The summed E-state index contributed by atoms with van der Waals surface area (Å²) in [5.74, 6) is 0. The van der Waals surface area contributed by atoms with E-state index in [2.05, 4.69) is 25.2 Å². The summed E-state index contributed by atoms with van der Waals surface area (Å²) in [7, 11) is 0. The van der Waals surface area contributed by atoms with Gasteiger partial charge in [-0.15, -0.1) is 0 Å². The van der Waals surface area contributed by atoms with Crippen LogP contribution in [0.2, 0.25) is 0 Å². The van der Waals surface area contributed by atoms with Gasteiger partial charge < -0.3 is 15.0 Å². The van der Waals surface area contributed by atoms with E-state index in [0.29, 0.717) is 0 Å². The highest BCUT2D eigenvalue weighted by Gasteiger charge is 2.09. The summed E-state index contributed by atoms with van der Waals surface area (Å²) in [4.78, 5) is 14.0. The van der Waals surface area contributed by atoms with E-state index >= 15 is 0 Å². The van der Waals surface area contributed by atoms with Gasteiger partial charge in [-0.25, -0.2) is 9.97 Å². The minimum Gasteiger partial charge on any atom is -0.379 e. The first kappa shape index (κ1) is 13.5. The molecule has 0 aliphatic carbocycles. The van der Waals surface area contributed by atoms with Crippen LogP contribution in [-0.4, -0.2) is 59.2 Å². The van der Waals surface area contributed by atoms with Gasteiger partial charge in [0.1, 0.15) is 0 Å². The molecule has 2 aromatic heterocycles. The summed E-state index contributed by atoms with van der Waals surface area (Å²) in [6.45, 7) is 6.91. The molecular weight excluding hydrogens is 254 g/mol. The predicted octanol–water partition coefficient (Wildman–Crippen LogP) is 0.770. The molecule has 1 aliphatic heterocycles. The Labute approximate surface area is 118 Å². The molecule has 0 unspecified atom stereocenters. The van der Waals surface area contributed by atoms with Gasteiger partial charge in [0.05, 0.1) is 25.1 Å². The average molecular weight is 275 g/mol. The van der Waals surface area contributed by atoms with Crippen molar-refractivity contribution in [3.63, 3.8) is 0 Å². The highest BCUT2D eigenvalue weighted by molar-refractivity contribution is 5.73. The topological polar surface area (TPSA) is 66.1 Å². The van der Waals surface area contributed by atoms with Crippen LogP contribution in [0.3, 0.4) is 0 Å². The van der Waals surface area contributed by atoms with E-state index in [1.165, 1.54) is 5.56 Å². The maximum Gasteiger partial charge on any atom is 0.177 e. The molecule has 6 heteroatoms. The first-order valence-corrected chi connectivity index (χ1v) is 7.21. The van der Waals surface area contributed by atoms with Gasteiger partial charge in [-0.1, -0.05) is 0 Å². The number of aromatic nitrogens is 3. The highest BCUT2D eigenvalue weighted by atomic mass is 16.5. The lowest BCUT2D eigenvalue weighted by atomic mass is 10.2. The van der Waals surface area contributed by atoms with E-state index in [1.807, 2.05) is 12.3 Å². The van der Waals surface area contributed by atoms with Crippen molar-refractivity contribution in [1.82, 2.24) is 25.2 Å². The molecule has 108 valence electrons. The van der Waals surface area contributed by atoms with Crippen molar-refractivity contribution in [2.45, 2.75) is 13.0 Å². The minimum atomic E-state index is 0.789. The zero-order valence-corrected chi connectivity index (χ0v) is 11.6. The first-order valence-electron chi connectivity index (χ1n) is 7.21. The number of aromatic amines is 1. The number of hydrogen-bond acceptors (Lipinski definition) is 5. The highest BCUT2D eigenvalue weighted by Crippen LogP contribution is 2.11. The third kappa shape index (κ3) is 3.33. The van der Waals surface area contributed by atoms with Crippen molar-refractivity contribution in [3.8, 4) is 0 Å². The van der Waals surface area contributed by atoms with Crippen molar-refractivity contribution in [2.75, 3.05) is 39.4 Å². The molecule has 6 nitrogen and oxygen atoms in total. The van der Waals surface area contributed by atoms with E-state index in [1.54, 1.807) is 6.33 Å². The Morgan fingerprint density at radius 3 is 3.10 bits per heavy atom. The van der Waals surface area contributed by atoms with Crippen LogP contribution in [0.25, 0.3) is 11.2 Å². The van der Waals surface area contributed by atoms with Crippen LogP contribution in [-0.2, 0) is 11.3 Å². The second-order valence-corrected chi connectivity index (χ2v) is 5.06. The maximum atomic E-state index is 5.35. The third-order valence-electron chi connectivity index (χ3n) is 3.66. The van der Waals surface area contributed by atoms with Crippen LogP contribution >= 0.6 is 0 Å². The smallest absolute Gasteiger partial charge is 0.177 e. The lowest BCUT2D eigenvalue weighted by Crippen LogP contribution is -2.37. The molecule has 0 spiro atoms. The number of ether oxygens (including phenoxy) is 1. The number of pyridine rings is 1. The van der Waals surface area contributed by atoms with Crippen LogP contribution in [0.1, 0.15) is 12.0 Å². The second kappa shape index (κ2) is 6.78. The Bertz CT molecular complexity index is 535. The number of rotatable bonds is 6. The molecule has 1 aliphatic rings. The summed E-state index contributed by atoms with van der Waals surface area (Å²) in [5, 5.41) is 3.49. The van der Waals surface area contributed by atoms with Gasteiger partial charge in [0.25, 0.3) is 0 Å². The standard InChI is InChI=1S/C14H21N5O/c1(5-19-6-8-20-9-7-19)3-15-10-12-2-4-16-14-13(12)17-11-18-14/h2,4,11,15H,1,3,5-10H2,(H,16,17,18). The Hall–Kier alpha value is -1.50. The number of fused-ring (bicyclic) bond motifs is 1. The summed E-state index contributed by atoms with van der Waals surface area (Å²) in [6.07, 6.45) is 4.67. The Balaban J connectivity index is 1.40. The first-order chi connectivity index (χ1) is 9.93. The number of morpholine rings is 1. The Morgan fingerprint density at radius 2 is 2.20 bits per heavy atom. The summed E-state index contributed by atoms with van der Waals surface area (Å²) in [5.41, 5.74) is 3.05. The molecule has 20 heavy (non-hydrogen) atoms. The van der Waals surface area contributed by atoms with Crippen LogP contribution in [0, 0.1) is 0 Å². The van der Waals surface area contributed by atoms with E-state index in [9.17, 15) is 0 Å². The van der Waals surface area contributed by atoms with E-state index in [0.717, 1.165) is 63.5 Å². The Kier molecular flexibility index (Phi) is 4.57. The van der Waals surface area contributed by atoms with Crippen molar-refractivity contribution in [1.29, 1.82) is 0 Å². The SMILES string of the molecule is c1cc(CNCCCN2CCOCC2)c2[nH]cnc2n1. The number of nitrogens with one attached hydrogen (secondary N) is 2. The fourth-order valence-electron chi connectivity index (χ4n) is 2.53.